The average Bonchev–Trinajstić information content (AvgIpc) is 2.03. The number of nitrogen functional groups attached to an aromatic ring is 1. The topological polar surface area (TPSA) is 99.1 Å². The van der Waals surface area contributed by atoms with Gasteiger partial charge in [0.15, 0.2) is 0 Å². The Morgan fingerprint density at radius 3 is 2.92 bits per heavy atom. The third-order valence-corrected chi connectivity index (χ3v) is 1.41. The van der Waals surface area contributed by atoms with E-state index in [0.29, 0.717) is 0 Å². The summed E-state index contributed by atoms with van der Waals surface area (Å²) in [5.41, 5.74) is 5.44. The van der Waals surface area contributed by atoms with Crippen molar-refractivity contribution >= 4 is 11.6 Å². The summed E-state index contributed by atoms with van der Waals surface area (Å²) in [5.74, 6) is -0.607. The fraction of sp³-hybridized carbons (Fsp3) is 0.143. The number of rotatable bonds is 3. The van der Waals surface area contributed by atoms with Crippen LogP contribution < -0.4 is 5.73 Å². The molecule has 6 heteroatoms. The average molecular weight is 181 g/mol. The van der Waals surface area contributed by atoms with Crippen LogP contribution in [0.3, 0.4) is 0 Å². The molecule has 1 aromatic heterocycles. The summed E-state index contributed by atoms with van der Waals surface area (Å²) in [5, 5.41) is 10.0. The van der Waals surface area contributed by atoms with Crippen LogP contribution >= 0.6 is 0 Å². The number of ketones is 1. The van der Waals surface area contributed by atoms with E-state index in [1.165, 1.54) is 18.3 Å². The van der Waals surface area contributed by atoms with E-state index in [4.69, 9.17) is 5.73 Å². The molecule has 0 aliphatic heterocycles. The molecule has 0 aliphatic carbocycles. The Morgan fingerprint density at radius 1 is 1.69 bits per heavy atom. The first kappa shape index (κ1) is 9.11. The maximum atomic E-state index is 11.1. The third kappa shape index (κ3) is 2.22. The lowest BCUT2D eigenvalue weighted by atomic mass is 10.2. The van der Waals surface area contributed by atoms with E-state index in [-0.39, 0.29) is 11.4 Å². The molecule has 0 fully saturated rings. The highest BCUT2D eigenvalue weighted by atomic mass is 16.6. The highest BCUT2D eigenvalue weighted by Gasteiger charge is 2.15. The molecule has 0 spiro atoms. The van der Waals surface area contributed by atoms with Gasteiger partial charge in [-0.3, -0.25) is 14.9 Å². The minimum Gasteiger partial charge on any atom is -0.383 e. The van der Waals surface area contributed by atoms with Gasteiger partial charge in [-0.25, -0.2) is 4.98 Å². The van der Waals surface area contributed by atoms with Gasteiger partial charge < -0.3 is 5.73 Å². The predicted octanol–water partition coefficient (Wildman–Crippen LogP) is 0.123. The molecule has 1 rings (SSSR count). The van der Waals surface area contributed by atoms with E-state index in [9.17, 15) is 14.9 Å². The maximum absolute atomic E-state index is 11.1. The number of nitrogens with two attached hydrogens (primary N) is 1. The molecule has 68 valence electrons. The third-order valence-electron chi connectivity index (χ3n) is 1.41. The number of hydrogen-bond acceptors (Lipinski definition) is 5. The molecule has 13 heavy (non-hydrogen) atoms. The molecule has 0 aromatic carbocycles. The summed E-state index contributed by atoms with van der Waals surface area (Å²) in [6, 6.07) is 2.91. The van der Waals surface area contributed by atoms with Gasteiger partial charge in [0, 0.05) is 11.1 Å². The van der Waals surface area contributed by atoms with Crippen molar-refractivity contribution in [2.45, 2.75) is 0 Å². The Balaban J connectivity index is 2.89. The molecule has 0 amide bonds. The number of nitrogens with zero attached hydrogens (tertiary/aromatic N) is 2. The van der Waals surface area contributed by atoms with Crippen molar-refractivity contribution in [2.75, 3.05) is 12.3 Å². The molecule has 0 saturated heterocycles. The van der Waals surface area contributed by atoms with Crippen LogP contribution in [0.15, 0.2) is 18.3 Å². The smallest absolute Gasteiger partial charge is 0.265 e. The zero-order chi connectivity index (χ0) is 9.84. The molecule has 0 unspecified atom stereocenters. The van der Waals surface area contributed by atoms with Crippen molar-refractivity contribution in [3.8, 4) is 0 Å². The van der Waals surface area contributed by atoms with Gasteiger partial charge in [-0.15, -0.1) is 0 Å². The summed E-state index contributed by atoms with van der Waals surface area (Å²) < 4.78 is 0. The van der Waals surface area contributed by atoms with E-state index >= 15 is 0 Å². The molecule has 0 radical (unpaired) electrons. The van der Waals surface area contributed by atoms with Gasteiger partial charge >= 0.3 is 0 Å². The van der Waals surface area contributed by atoms with Gasteiger partial charge in [-0.2, -0.15) is 0 Å². The van der Waals surface area contributed by atoms with Crippen LogP contribution in [-0.4, -0.2) is 22.2 Å². The minimum absolute atomic E-state index is 0.0225. The fourth-order valence-electron chi connectivity index (χ4n) is 0.856. The van der Waals surface area contributed by atoms with E-state index < -0.39 is 17.3 Å². The standard InChI is InChI=1S/C7H7N3O3/c8-7-5(2-1-3-9-7)6(11)4-10(12)13/h1-3H,4H2,(H2,8,9). The van der Waals surface area contributed by atoms with Crippen LogP contribution in [0.5, 0.6) is 0 Å². The van der Waals surface area contributed by atoms with Gasteiger partial charge in [0.2, 0.25) is 5.78 Å². The number of hydrogen-bond donors (Lipinski definition) is 1. The Labute approximate surface area is 73.5 Å². The molecule has 0 aliphatic rings. The zero-order valence-electron chi connectivity index (χ0n) is 6.64. The van der Waals surface area contributed by atoms with Crippen LogP contribution in [0, 0.1) is 10.1 Å². The maximum Gasteiger partial charge on any atom is 0.265 e. The molecule has 1 heterocycles. The lowest BCUT2D eigenvalue weighted by molar-refractivity contribution is -0.465. The van der Waals surface area contributed by atoms with Crippen molar-refractivity contribution in [3.63, 3.8) is 0 Å². The van der Waals surface area contributed by atoms with Crippen LogP contribution in [0.1, 0.15) is 10.4 Å². The van der Waals surface area contributed by atoms with Crippen LogP contribution in [0.2, 0.25) is 0 Å². The summed E-state index contributed by atoms with van der Waals surface area (Å²) in [7, 11) is 0. The zero-order valence-corrected chi connectivity index (χ0v) is 6.64. The van der Waals surface area contributed by atoms with Gasteiger partial charge in [-0.1, -0.05) is 0 Å². The highest BCUT2D eigenvalue weighted by molar-refractivity contribution is 6.00. The van der Waals surface area contributed by atoms with Crippen molar-refractivity contribution in [1.82, 2.24) is 4.98 Å². The number of nitro groups is 1. The Hall–Kier alpha value is -1.98. The summed E-state index contributed by atoms with van der Waals surface area (Å²) in [6.45, 7) is -0.754. The first-order chi connectivity index (χ1) is 6.11. The second-order valence-corrected chi connectivity index (χ2v) is 2.35. The number of pyridine rings is 1. The molecule has 0 saturated carbocycles. The highest BCUT2D eigenvalue weighted by Crippen LogP contribution is 2.07. The quantitative estimate of drug-likeness (QED) is 0.405. The normalized spacial score (nSPS) is 9.54. The first-order valence-corrected chi connectivity index (χ1v) is 3.46. The molecule has 2 N–H and O–H groups in total. The van der Waals surface area contributed by atoms with Gasteiger partial charge in [0.1, 0.15) is 5.82 Å². The van der Waals surface area contributed by atoms with Crippen LogP contribution in [0.4, 0.5) is 5.82 Å². The molecular weight excluding hydrogens is 174 g/mol. The molecule has 6 nitrogen and oxygen atoms in total. The Kier molecular flexibility index (Phi) is 2.53. The lowest BCUT2D eigenvalue weighted by Gasteiger charge is -1.98. The Bertz CT molecular complexity index is 351. The number of carbonyl (C=O) groups excluding carboxylic acids is 1. The number of carbonyl (C=O) groups is 1. The molecule has 1 aromatic rings. The first-order valence-electron chi connectivity index (χ1n) is 3.46. The monoisotopic (exact) mass is 181 g/mol. The van der Waals surface area contributed by atoms with E-state index in [1.807, 2.05) is 0 Å². The number of anilines is 1. The largest absolute Gasteiger partial charge is 0.383 e. The Morgan fingerprint density at radius 2 is 2.38 bits per heavy atom. The summed E-state index contributed by atoms with van der Waals surface area (Å²) in [4.78, 5) is 24.1. The predicted molar refractivity (Wildman–Crippen MR) is 44.8 cm³/mol. The van der Waals surface area contributed by atoms with Crippen LogP contribution in [0.25, 0.3) is 0 Å². The van der Waals surface area contributed by atoms with E-state index in [1.54, 1.807) is 0 Å². The molecule has 0 bridgehead atoms. The minimum atomic E-state index is -0.754. The van der Waals surface area contributed by atoms with Gasteiger partial charge in [-0.05, 0) is 12.1 Å². The van der Waals surface area contributed by atoms with Crippen molar-refractivity contribution < 1.29 is 9.72 Å². The fourth-order valence-corrected chi connectivity index (χ4v) is 0.856. The van der Waals surface area contributed by atoms with Crippen molar-refractivity contribution in [2.24, 2.45) is 0 Å². The molecular formula is C7H7N3O3. The van der Waals surface area contributed by atoms with E-state index in [0.717, 1.165) is 0 Å². The second-order valence-electron chi connectivity index (χ2n) is 2.35. The number of Topliss-reactive ketones (excluding diaryl/α,β-unsaturated/α-hetero) is 1. The summed E-state index contributed by atoms with van der Waals surface area (Å²) in [6.07, 6.45) is 1.41. The van der Waals surface area contributed by atoms with Crippen molar-refractivity contribution in [3.05, 3.63) is 34.0 Å². The molecule has 0 atom stereocenters. The summed E-state index contributed by atoms with van der Waals surface area (Å²) >= 11 is 0. The number of aromatic nitrogens is 1. The lowest BCUT2D eigenvalue weighted by Crippen LogP contribution is -2.15. The SMILES string of the molecule is Nc1ncccc1C(=O)C[N+](=O)[O-]. The van der Waals surface area contributed by atoms with Crippen molar-refractivity contribution in [1.29, 1.82) is 0 Å². The second kappa shape index (κ2) is 3.61. The van der Waals surface area contributed by atoms with E-state index in [2.05, 4.69) is 4.98 Å². The van der Waals surface area contributed by atoms with Crippen LogP contribution in [-0.2, 0) is 0 Å². The van der Waals surface area contributed by atoms with Gasteiger partial charge in [0.05, 0.1) is 5.56 Å². The van der Waals surface area contributed by atoms with Gasteiger partial charge in [0.25, 0.3) is 6.54 Å².